The highest BCUT2D eigenvalue weighted by atomic mass is 16.3. The number of hydrogen-bond acceptors (Lipinski definition) is 1. The third-order valence-corrected chi connectivity index (χ3v) is 8.12. The summed E-state index contributed by atoms with van der Waals surface area (Å²) in [7, 11) is 0. The van der Waals surface area contributed by atoms with Crippen LogP contribution in [0.15, 0.2) is 11.6 Å². The standard InChI is InChI=1S/C20H32O/c1-3-14-5-9-19-18-7-4-13-12-15(21)6-8-16(13)17(18)10-11-20(14,19)2/h12,14-19,21H,3-11H2,1-2H3/t14-,15-,16-,17?,18?,19?,20+/m0/s1. The van der Waals surface area contributed by atoms with Gasteiger partial charge in [-0.05, 0) is 86.4 Å². The summed E-state index contributed by atoms with van der Waals surface area (Å²) in [5.41, 5.74) is 2.29. The van der Waals surface area contributed by atoms with Gasteiger partial charge in [0.2, 0.25) is 0 Å². The summed E-state index contributed by atoms with van der Waals surface area (Å²) < 4.78 is 0. The second kappa shape index (κ2) is 5.11. The van der Waals surface area contributed by atoms with Gasteiger partial charge in [-0.3, -0.25) is 0 Å². The van der Waals surface area contributed by atoms with Crippen LogP contribution in [0.3, 0.4) is 0 Å². The fourth-order valence-corrected chi connectivity index (χ4v) is 7.09. The second-order valence-electron chi connectivity index (χ2n) is 8.69. The molecular formula is C20H32O. The monoisotopic (exact) mass is 288 g/mol. The van der Waals surface area contributed by atoms with Gasteiger partial charge >= 0.3 is 0 Å². The Morgan fingerprint density at radius 3 is 2.76 bits per heavy atom. The van der Waals surface area contributed by atoms with Crippen molar-refractivity contribution >= 4 is 0 Å². The quantitative estimate of drug-likeness (QED) is 0.677. The Bertz CT molecular complexity index is 439. The molecule has 21 heavy (non-hydrogen) atoms. The largest absolute Gasteiger partial charge is 0.389 e. The first kappa shape index (κ1) is 14.3. The summed E-state index contributed by atoms with van der Waals surface area (Å²) in [5.74, 6) is 4.78. The second-order valence-corrected chi connectivity index (χ2v) is 8.69. The van der Waals surface area contributed by atoms with Crippen molar-refractivity contribution in [1.82, 2.24) is 0 Å². The van der Waals surface area contributed by atoms with Crippen LogP contribution in [-0.4, -0.2) is 11.2 Å². The molecule has 3 saturated carbocycles. The minimum Gasteiger partial charge on any atom is -0.389 e. The van der Waals surface area contributed by atoms with Crippen molar-refractivity contribution in [2.45, 2.75) is 77.7 Å². The molecule has 3 unspecified atom stereocenters. The van der Waals surface area contributed by atoms with Crippen molar-refractivity contribution < 1.29 is 5.11 Å². The number of aliphatic hydroxyl groups excluding tert-OH is 1. The molecule has 4 rings (SSSR count). The van der Waals surface area contributed by atoms with E-state index in [1.54, 1.807) is 5.57 Å². The van der Waals surface area contributed by atoms with E-state index in [1.807, 2.05) is 0 Å². The van der Waals surface area contributed by atoms with Gasteiger partial charge in [-0.25, -0.2) is 0 Å². The van der Waals surface area contributed by atoms with E-state index in [0.717, 1.165) is 36.0 Å². The van der Waals surface area contributed by atoms with Crippen LogP contribution in [0, 0.1) is 35.0 Å². The number of allylic oxidation sites excluding steroid dienone is 1. The Kier molecular flexibility index (Phi) is 3.48. The van der Waals surface area contributed by atoms with Gasteiger partial charge in [0.15, 0.2) is 0 Å². The first-order chi connectivity index (χ1) is 10.1. The molecule has 0 bridgehead atoms. The minimum atomic E-state index is -0.141. The molecule has 0 spiro atoms. The molecule has 3 fully saturated rings. The molecule has 118 valence electrons. The van der Waals surface area contributed by atoms with Crippen LogP contribution in [0.2, 0.25) is 0 Å². The minimum absolute atomic E-state index is 0.141. The first-order valence-electron chi connectivity index (χ1n) is 9.52. The van der Waals surface area contributed by atoms with Gasteiger partial charge in [0, 0.05) is 0 Å². The van der Waals surface area contributed by atoms with Gasteiger partial charge in [-0.2, -0.15) is 0 Å². The van der Waals surface area contributed by atoms with Crippen LogP contribution in [0.5, 0.6) is 0 Å². The number of aliphatic hydroxyl groups is 1. The fourth-order valence-electron chi connectivity index (χ4n) is 7.09. The molecule has 0 heterocycles. The van der Waals surface area contributed by atoms with E-state index in [1.165, 1.54) is 51.4 Å². The number of fused-ring (bicyclic) bond motifs is 5. The van der Waals surface area contributed by atoms with E-state index < -0.39 is 0 Å². The smallest absolute Gasteiger partial charge is 0.0723 e. The Morgan fingerprint density at radius 2 is 1.95 bits per heavy atom. The van der Waals surface area contributed by atoms with Crippen molar-refractivity contribution in [3.8, 4) is 0 Å². The Morgan fingerprint density at radius 1 is 1.10 bits per heavy atom. The Hall–Kier alpha value is -0.300. The Balaban J connectivity index is 1.60. The molecule has 7 atom stereocenters. The van der Waals surface area contributed by atoms with Crippen molar-refractivity contribution in [1.29, 1.82) is 0 Å². The molecule has 0 aromatic heterocycles. The average Bonchev–Trinajstić information content (AvgIpc) is 2.83. The van der Waals surface area contributed by atoms with Crippen LogP contribution >= 0.6 is 0 Å². The van der Waals surface area contributed by atoms with Crippen LogP contribution in [0.1, 0.15) is 71.6 Å². The van der Waals surface area contributed by atoms with Crippen LogP contribution in [-0.2, 0) is 0 Å². The molecule has 0 radical (unpaired) electrons. The summed E-state index contributed by atoms with van der Waals surface area (Å²) >= 11 is 0. The highest BCUT2D eigenvalue weighted by Crippen LogP contribution is 2.64. The summed E-state index contributed by atoms with van der Waals surface area (Å²) in [6, 6.07) is 0. The molecule has 1 nitrogen and oxygen atoms in total. The van der Waals surface area contributed by atoms with E-state index in [9.17, 15) is 5.11 Å². The fraction of sp³-hybridized carbons (Fsp3) is 0.900. The maximum Gasteiger partial charge on any atom is 0.0723 e. The number of rotatable bonds is 1. The lowest BCUT2D eigenvalue weighted by Gasteiger charge is -2.54. The lowest BCUT2D eigenvalue weighted by atomic mass is 9.51. The van der Waals surface area contributed by atoms with Gasteiger partial charge in [0.25, 0.3) is 0 Å². The van der Waals surface area contributed by atoms with Gasteiger partial charge < -0.3 is 5.11 Å². The average molecular weight is 288 g/mol. The van der Waals surface area contributed by atoms with Crippen molar-refractivity contribution in [3.63, 3.8) is 0 Å². The van der Waals surface area contributed by atoms with Crippen molar-refractivity contribution in [3.05, 3.63) is 11.6 Å². The van der Waals surface area contributed by atoms with E-state index >= 15 is 0 Å². The molecule has 0 amide bonds. The SMILES string of the molecule is CC[C@H]1CCC2C3CCC4=C[C@@H](O)CC[C@@H]4C3CC[C@@]21C. The van der Waals surface area contributed by atoms with E-state index in [4.69, 9.17) is 0 Å². The molecule has 0 saturated heterocycles. The van der Waals surface area contributed by atoms with Crippen LogP contribution in [0.25, 0.3) is 0 Å². The Labute approximate surface area is 130 Å². The predicted molar refractivity (Wildman–Crippen MR) is 86.9 cm³/mol. The van der Waals surface area contributed by atoms with Crippen molar-refractivity contribution in [2.24, 2.45) is 35.0 Å². The van der Waals surface area contributed by atoms with E-state index in [-0.39, 0.29) is 6.10 Å². The normalized spacial score (nSPS) is 52.6. The van der Waals surface area contributed by atoms with Crippen molar-refractivity contribution in [2.75, 3.05) is 0 Å². The van der Waals surface area contributed by atoms with E-state index in [0.29, 0.717) is 5.41 Å². The highest BCUT2D eigenvalue weighted by Gasteiger charge is 2.55. The molecule has 4 aliphatic carbocycles. The predicted octanol–water partition coefficient (Wildman–Crippen LogP) is 4.95. The molecule has 1 N–H and O–H groups in total. The third kappa shape index (κ3) is 2.06. The number of hydrogen-bond donors (Lipinski definition) is 1. The molecule has 0 aliphatic heterocycles. The lowest BCUT2D eigenvalue weighted by Crippen LogP contribution is -2.46. The summed E-state index contributed by atoms with van der Waals surface area (Å²) in [6.45, 7) is 5.04. The first-order valence-corrected chi connectivity index (χ1v) is 9.52. The van der Waals surface area contributed by atoms with Crippen LogP contribution < -0.4 is 0 Å². The third-order valence-electron chi connectivity index (χ3n) is 8.12. The summed E-state index contributed by atoms with van der Waals surface area (Å²) in [4.78, 5) is 0. The zero-order valence-electron chi connectivity index (χ0n) is 13.9. The molecule has 1 heteroatoms. The highest BCUT2D eigenvalue weighted by molar-refractivity contribution is 5.19. The molecule has 4 aliphatic rings. The maximum absolute atomic E-state index is 9.93. The molecule has 0 aromatic rings. The summed E-state index contributed by atoms with van der Waals surface area (Å²) in [5, 5.41) is 9.93. The zero-order valence-corrected chi connectivity index (χ0v) is 13.9. The molecule has 0 aromatic carbocycles. The zero-order chi connectivity index (χ0) is 14.6. The van der Waals surface area contributed by atoms with Gasteiger partial charge in [0.05, 0.1) is 6.10 Å². The van der Waals surface area contributed by atoms with Gasteiger partial charge in [0.1, 0.15) is 0 Å². The maximum atomic E-state index is 9.93. The molecular weight excluding hydrogens is 256 g/mol. The topological polar surface area (TPSA) is 20.2 Å². The van der Waals surface area contributed by atoms with E-state index in [2.05, 4.69) is 19.9 Å². The van der Waals surface area contributed by atoms with Crippen LogP contribution in [0.4, 0.5) is 0 Å². The summed E-state index contributed by atoms with van der Waals surface area (Å²) in [6.07, 6.45) is 14.4. The lowest BCUT2D eigenvalue weighted by molar-refractivity contribution is -0.0250. The van der Waals surface area contributed by atoms with Gasteiger partial charge in [-0.15, -0.1) is 0 Å². The van der Waals surface area contributed by atoms with Gasteiger partial charge in [-0.1, -0.05) is 31.9 Å².